The predicted octanol–water partition coefficient (Wildman–Crippen LogP) is 3.88. The summed E-state index contributed by atoms with van der Waals surface area (Å²) >= 11 is 3.40. The zero-order valence-corrected chi connectivity index (χ0v) is 12.5. The minimum Gasteiger partial charge on any atom is -0.490 e. The normalized spacial score (nSPS) is 10.7. The summed E-state index contributed by atoms with van der Waals surface area (Å²) in [5, 5.41) is 10.3. The molecule has 0 aliphatic rings. The number of halogens is 1. The standard InChI is InChI=1S/C13H16BrNO4/c1-3-7-19-13-11(14)8-10(5-6-15(16)17)9-12(13)18-4-2/h5-6,8-9H,3-4,7H2,1-2H3/b6-5+. The molecule has 0 radical (unpaired) electrons. The maximum Gasteiger partial charge on any atom is 0.235 e. The Morgan fingerprint density at radius 1 is 1.37 bits per heavy atom. The Bertz CT molecular complexity index is 474. The van der Waals surface area contributed by atoms with Gasteiger partial charge in [0.1, 0.15) is 0 Å². The summed E-state index contributed by atoms with van der Waals surface area (Å²) in [4.78, 5) is 9.82. The molecule has 1 aromatic carbocycles. The van der Waals surface area contributed by atoms with Crippen molar-refractivity contribution in [2.24, 2.45) is 0 Å². The van der Waals surface area contributed by atoms with Crippen LogP contribution in [0.1, 0.15) is 25.8 Å². The fourth-order valence-electron chi connectivity index (χ4n) is 1.44. The highest BCUT2D eigenvalue weighted by molar-refractivity contribution is 9.10. The highest BCUT2D eigenvalue weighted by Crippen LogP contribution is 2.37. The fourth-order valence-corrected chi connectivity index (χ4v) is 2.01. The van der Waals surface area contributed by atoms with Crippen LogP contribution >= 0.6 is 15.9 Å². The van der Waals surface area contributed by atoms with Gasteiger partial charge in [-0.05, 0) is 47.0 Å². The molecule has 0 spiro atoms. The van der Waals surface area contributed by atoms with Crippen molar-refractivity contribution in [2.75, 3.05) is 13.2 Å². The number of rotatable bonds is 7. The van der Waals surface area contributed by atoms with Gasteiger partial charge in [-0.2, -0.15) is 0 Å². The Hall–Kier alpha value is -1.56. The summed E-state index contributed by atoms with van der Waals surface area (Å²) in [6.07, 6.45) is 3.20. The molecular weight excluding hydrogens is 314 g/mol. The molecule has 0 aliphatic carbocycles. The second kappa shape index (κ2) is 7.78. The third-order valence-corrected chi connectivity index (χ3v) is 2.76. The molecule has 0 N–H and O–H groups in total. The molecule has 0 unspecified atom stereocenters. The molecule has 1 aromatic rings. The molecule has 0 amide bonds. The van der Waals surface area contributed by atoms with E-state index in [0.29, 0.717) is 30.3 Å². The van der Waals surface area contributed by atoms with E-state index in [1.807, 2.05) is 13.8 Å². The van der Waals surface area contributed by atoms with Crippen LogP contribution in [0.5, 0.6) is 11.5 Å². The van der Waals surface area contributed by atoms with Gasteiger partial charge >= 0.3 is 0 Å². The summed E-state index contributed by atoms with van der Waals surface area (Å²) in [7, 11) is 0. The summed E-state index contributed by atoms with van der Waals surface area (Å²) in [6.45, 7) is 4.97. The first kappa shape index (κ1) is 15.5. The zero-order chi connectivity index (χ0) is 14.3. The maximum absolute atomic E-state index is 10.3. The first-order valence-electron chi connectivity index (χ1n) is 5.99. The van der Waals surface area contributed by atoms with Gasteiger partial charge in [-0.25, -0.2) is 0 Å². The van der Waals surface area contributed by atoms with Gasteiger partial charge in [-0.3, -0.25) is 10.1 Å². The number of hydrogen-bond donors (Lipinski definition) is 0. The topological polar surface area (TPSA) is 61.6 Å². The first-order valence-corrected chi connectivity index (χ1v) is 6.78. The third kappa shape index (κ3) is 4.90. The minimum atomic E-state index is -0.504. The first-order chi connectivity index (χ1) is 9.08. The van der Waals surface area contributed by atoms with Crippen molar-refractivity contribution < 1.29 is 14.4 Å². The lowest BCUT2D eigenvalue weighted by molar-refractivity contribution is -0.400. The molecule has 0 bridgehead atoms. The van der Waals surface area contributed by atoms with Gasteiger partial charge in [0.15, 0.2) is 11.5 Å². The van der Waals surface area contributed by atoms with Gasteiger partial charge in [0.2, 0.25) is 6.20 Å². The van der Waals surface area contributed by atoms with E-state index in [0.717, 1.165) is 17.1 Å². The number of hydrogen-bond acceptors (Lipinski definition) is 4. The SMILES string of the molecule is CCCOc1c(Br)cc(/C=C/[N+](=O)[O-])cc1OCC. The molecule has 1 rings (SSSR count). The van der Waals surface area contributed by atoms with Crippen molar-refractivity contribution in [1.82, 2.24) is 0 Å². The molecule has 6 heteroatoms. The fraction of sp³-hybridized carbons (Fsp3) is 0.385. The van der Waals surface area contributed by atoms with E-state index in [1.165, 1.54) is 6.08 Å². The third-order valence-electron chi connectivity index (χ3n) is 2.17. The average Bonchev–Trinajstić information content (AvgIpc) is 2.36. The number of ether oxygens (including phenoxy) is 2. The molecule has 104 valence electrons. The molecule has 0 heterocycles. The van der Waals surface area contributed by atoms with E-state index in [2.05, 4.69) is 15.9 Å². The molecule has 0 fully saturated rings. The van der Waals surface area contributed by atoms with Crippen molar-refractivity contribution in [3.8, 4) is 11.5 Å². The zero-order valence-electron chi connectivity index (χ0n) is 10.9. The molecule has 0 aromatic heterocycles. The van der Waals surface area contributed by atoms with Crippen LogP contribution in [0.2, 0.25) is 0 Å². The van der Waals surface area contributed by atoms with E-state index < -0.39 is 4.92 Å². The number of benzene rings is 1. The average molecular weight is 330 g/mol. The van der Waals surface area contributed by atoms with Gasteiger partial charge in [-0.15, -0.1) is 0 Å². The van der Waals surface area contributed by atoms with E-state index in [-0.39, 0.29) is 0 Å². The molecular formula is C13H16BrNO4. The smallest absolute Gasteiger partial charge is 0.235 e. The summed E-state index contributed by atoms with van der Waals surface area (Å²) < 4.78 is 11.8. The van der Waals surface area contributed by atoms with Gasteiger partial charge in [0.25, 0.3) is 0 Å². The Kier molecular flexibility index (Phi) is 6.35. The second-order valence-corrected chi connectivity index (χ2v) is 4.57. The predicted molar refractivity (Wildman–Crippen MR) is 77.1 cm³/mol. The van der Waals surface area contributed by atoms with Gasteiger partial charge in [-0.1, -0.05) is 6.92 Å². The number of nitrogens with zero attached hydrogens (tertiary/aromatic N) is 1. The molecule has 0 saturated heterocycles. The van der Waals surface area contributed by atoms with Crippen molar-refractivity contribution in [3.63, 3.8) is 0 Å². The van der Waals surface area contributed by atoms with E-state index in [1.54, 1.807) is 12.1 Å². The van der Waals surface area contributed by atoms with Crippen molar-refractivity contribution >= 4 is 22.0 Å². The summed E-state index contributed by atoms with van der Waals surface area (Å²) in [6, 6.07) is 3.48. The van der Waals surface area contributed by atoms with Crippen LogP contribution in [-0.2, 0) is 0 Å². The van der Waals surface area contributed by atoms with Crippen LogP contribution in [0.4, 0.5) is 0 Å². The van der Waals surface area contributed by atoms with Crippen molar-refractivity contribution in [3.05, 3.63) is 38.5 Å². The molecule has 19 heavy (non-hydrogen) atoms. The van der Waals surface area contributed by atoms with Gasteiger partial charge in [0, 0.05) is 6.08 Å². The largest absolute Gasteiger partial charge is 0.490 e. The van der Waals surface area contributed by atoms with Crippen LogP contribution in [0.3, 0.4) is 0 Å². The molecule has 0 aliphatic heterocycles. The lowest BCUT2D eigenvalue weighted by atomic mass is 10.2. The Morgan fingerprint density at radius 3 is 2.68 bits per heavy atom. The highest BCUT2D eigenvalue weighted by atomic mass is 79.9. The Balaban J connectivity index is 3.08. The summed E-state index contributed by atoms with van der Waals surface area (Å²) in [5.74, 6) is 1.20. The lowest BCUT2D eigenvalue weighted by Gasteiger charge is -2.14. The molecule has 0 atom stereocenters. The Morgan fingerprint density at radius 2 is 2.11 bits per heavy atom. The van der Waals surface area contributed by atoms with E-state index in [4.69, 9.17) is 9.47 Å². The molecule has 0 saturated carbocycles. The molecule has 5 nitrogen and oxygen atoms in total. The second-order valence-electron chi connectivity index (χ2n) is 3.71. The van der Waals surface area contributed by atoms with Crippen molar-refractivity contribution in [2.45, 2.75) is 20.3 Å². The Labute approximate surface area is 120 Å². The highest BCUT2D eigenvalue weighted by Gasteiger charge is 2.11. The van der Waals surface area contributed by atoms with Crippen molar-refractivity contribution in [1.29, 1.82) is 0 Å². The van der Waals surface area contributed by atoms with Crippen LogP contribution in [-0.4, -0.2) is 18.1 Å². The van der Waals surface area contributed by atoms with Crippen LogP contribution < -0.4 is 9.47 Å². The van der Waals surface area contributed by atoms with Gasteiger partial charge in [0.05, 0.1) is 22.6 Å². The van der Waals surface area contributed by atoms with Crippen LogP contribution in [0, 0.1) is 10.1 Å². The van der Waals surface area contributed by atoms with E-state index in [9.17, 15) is 10.1 Å². The van der Waals surface area contributed by atoms with Gasteiger partial charge < -0.3 is 9.47 Å². The quantitative estimate of drug-likeness (QED) is 0.562. The summed E-state index contributed by atoms with van der Waals surface area (Å²) in [5.41, 5.74) is 0.677. The minimum absolute atomic E-state index is 0.497. The van der Waals surface area contributed by atoms with E-state index >= 15 is 0 Å². The monoisotopic (exact) mass is 329 g/mol. The van der Waals surface area contributed by atoms with Crippen LogP contribution in [0.25, 0.3) is 6.08 Å². The maximum atomic E-state index is 10.3. The van der Waals surface area contributed by atoms with Crippen LogP contribution in [0.15, 0.2) is 22.8 Å². The number of nitro groups is 1. The lowest BCUT2D eigenvalue weighted by Crippen LogP contribution is -2.01.